The van der Waals surface area contributed by atoms with Crippen LogP contribution in [0.3, 0.4) is 0 Å². The molecule has 1 aliphatic heterocycles. The normalized spacial score (nSPS) is 13.0. The van der Waals surface area contributed by atoms with E-state index in [2.05, 4.69) is 12.2 Å². The summed E-state index contributed by atoms with van der Waals surface area (Å²) in [5, 5.41) is 2.94. The first-order valence-electron chi connectivity index (χ1n) is 11.2. The van der Waals surface area contributed by atoms with Crippen molar-refractivity contribution < 1.29 is 23.5 Å². The number of nitrogens with zero attached hydrogens (tertiary/aromatic N) is 1. The number of rotatable bonds is 11. The number of amides is 2. The van der Waals surface area contributed by atoms with Gasteiger partial charge in [-0.05, 0) is 54.7 Å². The summed E-state index contributed by atoms with van der Waals surface area (Å²) in [6.45, 7) is 4.99. The van der Waals surface area contributed by atoms with Gasteiger partial charge in [-0.15, -0.1) is 0 Å². The molecule has 0 bridgehead atoms. The van der Waals surface area contributed by atoms with Gasteiger partial charge in [0.25, 0.3) is 0 Å². The van der Waals surface area contributed by atoms with Crippen LogP contribution in [0.1, 0.15) is 50.7 Å². The van der Waals surface area contributed by atoms with Crippen LogP contribution in [0.2, 0.25) is 0 Å². The molecule has 0 saturated heterocycles. The van der Waals surface area contributed by atoms with Crippen molar-refractivity contribution in [3.8, 4) is 11.5 Å². The largest absolute Gasteiger partial charge is 0.454 e. The second-order valence-corrected chi connectivity index (χ2v) is 7.90. The van der Waals surface area contributed by atoms with Crippen molar-refractivity contribution in [3.05, 3.63) is 59.4 Å². The Morgan fingerprint density at radius 3 is 2.50 bits per heavy atom. The predicted molar refractivity (Wildman–Crippen MR) is 120 cm³/mol. The quantitative estimate of drug-likeness (QED) is 0.530. The first-order valence-corrected chi connectivity index (χ1v) is 11.2. The molecule has 7 heteroatoms. The molecule has 2 aromatic rings. The van der Waals surface area contributed by atoms with E-state index in [4.69, 9.17) is 9.47 Å². The summed E-state index contributed by atoms with van der Waals surface area (Å²) in [6, 6.07) is 11.1. The van der Waals surface area contributed by atoms with Crippen molar-refractivity contribution in [2.75, 3.05) is 13.3 Å². The number of nitrogens with one attached hydrogen (secondary N) is 1. The Kier molecular flexibility index (Phi) is 8.48. The van der Waals surface area contributed by atoms with Crippen LogP contribution in [-0.4, -0.2) is 36.1 Å². The van der Waals surface area contributed by atoms with Crippen LogP contribution in [0.25, 0.3) is 0 Å². The second-order valence-electron chi connectivity index (χ2n) is 7.90. The molecule has 0 aliphatic carbocycles. The molecule has 2 aromatic carbocycles. The fourth-order valence-electron chi connectivity index (χ4n) is 3.70. The Balaban J connectivity index is 1.72. The average Bonchev–Trinajstić information content (AvgIpc) is 3.27. The van der Waals surface area contributed by atoms with Crippen LogP contribution in [0.15, 0.2) is 42.5 Å². The fourth-order valence-corrected chi connectivity index (χ4v) is 3.70. The van der Waals surface area contributed by atoms with E-state index in [9.17, 15) is 14.0 Å². The maximum Gasteiger partial charge on any atom is 0.242 e. The van der Waals surface area contributed by atoms with Gasteiger partial charge in [0.1, 0.15) is 11.9 Å². The van der Waals surface area contributed by atoms with E-state index in [0.717, 1.165) is 24.0 Å². The van der Waals surface area contributed by atoms with E-state index < -0.39 is 6.04 Å². The molecule has 172 valence electrons. The monoisotopic (exact) mass is 442 g/mol. The molecule has 2 amide bonds. The Bertz CT molecular complexity index is 917. The molecule has 1 heterocycles. The highest BCUT2D eigenvalue weighted by atomic mass is 19.1. The summed E-state index contributed by atoms with van der Waals surface area (Å²) < 4.78 is 24.1. The molecule has 0 aromatic heterocycles. The smallest absolute Gasteiger partial charge is 0.242 e. The summed E-state index contributed by atoms with van der Waals surface area (Å²) in [7, 11) is 0. The molecular formula is C25H31FN2O4. The van der Waals surface area contributed by atoms with Crippen molar-refractivity contribution in [1.29, 1.82) is 0 Å². The Labute approximate surface area is 188 Å². The van der Waals surface area contributed by atoms with Gasteiger partial charge >= 0.3 is 0 Å². The predicted octanol–water partition coefficient (Wildman–Crippen LogP) is 4.21. The van der Waals surface area contributed by atoms with Gasteiger partial charge in [0.2, 0.25) is 18.6 Å². The minimum atomic E-state index is -0.582. The Morgan fingerprint density at radius 2 is 1.78 bits per heavy atom. The van der Waals surface area contributed by atoms with E-state index in [0.29, 0.717) is 30.9 Å². The standard InChI is InChI=1S/C25H31FN2O4/c1-3-5-14-27-25(30)21(4-2)28(16-19-6-10-20(26)11-7-19)24(29)13-9-18-8-12-22-23(15-18)32-17-31-22/h6-8,10-12,15,21H,3-5,9,13-14,16-17H2,1-2H3,(H,27,30)/t21-/m0/s1. The van der Waals surface area contributed by atoms with Gasteiger partial charge in [-0.2, -0.15) is 0 Å². The van der Waals surface area contributed by atoms with Crippen LogP contribution in [0.4, 0.5) is 4.39 Å². The molecule has 0 saturated carbocycles. The van der Waals surface area contributed by atoms with Crippen LogP contribution in [0, 0.1) is 5.82 Å². The van der Waals surface area contributed by atoms with Crippen LogP contribution in [-0.2, 0) is 22.6 Å². The third kappa shape index (κ3) is 6.22. The number of unbranched alkanes of at least 4 members (excludes halogenated alkanes) is 1. The summed E-state index contributed by atoms with van der Waals surface area (Å²) >= 11 is 0. The minimum absolute atomic E-state index is 0.121. The average molecular weight is 443 g/mol. The van der Waals surface area contributed by atoms with Crippen molar-refractivity contribution in [1.82, 2.24) is 10.2 Å². The van der Waals surface area contributed by atoms with E-state index >= 15 is 0 Å². The van der Waals surface area contributed by atoms with Crippen LogP contribution >= 0.6 is 0 Å². The maximum atomic E-state index is 13.3. The van der Waals surface area contributed by atoms with Gasteiger partial charge in [-0.1, -0.05) is 38.5 Å². The second kappa shape index (κ2) is 11.5. The molecular weight excluding hydrogens is 411 g/mol. The summed E-state index contributed by atoms with van der Waals surface area (Å²) in [4.78, 5) is 27.7. The highest BCUT2D eigenvalue weighted by molar-refractivity contribution is 5.87. The van der Waals surface area contributed by atoms with Crippen molar-refractivity contribution in [2.45, 2.75) is 58.5 Å². The number of benzene rings is 2. The fraction of sp³-hybridized carbons (Fsp3) is 0.440. The number of halogens is 1. The van der Waals surface area contributed by atoms with E-state index in [-0.39, 0.29) is 37.4 Å². The number of fused-ring (bicyclic) bond motifs is 1. The van der Waals surface area contributed by atoms with E-state index in [1.165, 1.54) is 12.1 Å². The number of hydrogen-bond acceptors (Lipinski definition) is 4. The van der Waals surface area contributed by atoms with Crippen LogP contribution in [0.5, 0.6) is 11.5 Å². The maximum absolute atomic E-state index is 13.3. The molecule has 0 fully saturated rings. The SMILES string of the molecule is CCCCNC(=O)[C@H](CC)N(Cc1ccc(F)cc1)C(=O)CCc1ccc2c(c1)OCO2. The molecule has 1 N–H and O–H groups in total. The summed E-state index contributed by atoms with van der Waals surface area (Å²) in [5.74, 6) is 0.774. The van der Waals surface area contributed by atoms with Gasteiger partial charge in [0, 0.05) is 19.5 Å². The lowest BCUT2D eigenvalue weighted by molar-refractivity contribution is -0.141. The highest BCUT2D eigenvalue weighted by Crippen LogP contribution is 2.32. The zero-order valence-corrected chi connectivity index (χ0v) is 18.7. The molecule has 3 rings (SSSR count). The summed E-state index contributed by atoms with van der Waals surface area (Å²) in [6.07, 6.45) is 3.13. The third-order valence-corrected chi connectivity index (χ3v) is 5.55. The van der Waals surface area contributed by atoms with Crippen molar-refractivity contribution in [3.63, 3.8) is 0 Å². The molecule has 1 aliphatic rings. The van der Waals surface area contributed by atoms with Gasteiger partial charge in [-0.25, -0.2) is 4.39 Å². The zero-order valence-electron chi connectivity index (χ0n) is 18.7. The van der Waals surface area contributed by atoms with E-state index in [1.54, 1.807) is 17.0 Å². The van der Waals surface area contributed by atoms with Gasteiger partial charge in [-0.3, -0.25) is 9.59 Å². The topological polar surface area (TPSA) is 67.9 Å². The number of ether oxygens (including phenoxy) is 2. The molecule has 0 radical (unpaired) electrons. The third-order valence-electron chi connectivity index (χ3n) is 5.55. The Hall–Kier alpha value is -3.09. The number of aryl methyl sites for hydroxylation is 1. The molecule has 1 atom stereocenters. The van der Waals surface area contributed by atoms with Crippen LogP contribution < -0.4 is 14.8 Å². The molecule has 0 unspecified atom stereocenters. The molecule has 32 heavy (non-hydrogen) atoms. The lowest BCUT2D eigenvalue weighted by Gasteiger charge is -2.31. The number of carbonyl (C=O) groups is 2. The molecule has 6 nitrogen and oxygen atoms in total. The lowest BCUT2D eigenvalue weighted by atomic mass is 10.1. The zero-order chi connectivity index (χ0) is 22.9. The first kappa shape index (κ1) is 23.6. The first-order chi connectivity index (χ1) is 15.5. The number of hydrogen-bond donors (Lipinski definition) is 1. The Morgan fingerprint density at radius 1 is 1.06 bits per heavy atom. The lowest BCUT2D eigenvalue weighted by Crippen LogP contribution is -2.49. The number of carbonyl (C=O) groups excluding carboxylic acids is 2. The summed E-state index contributed by atoms with van der Waals surface area (Å²) in [5.41, 5.74) is 1.74. The molecule has 0 spiro atoms. The van der Waals surface area contributed by atoms with E-state index in [1.807, 2.05) is 25.1 Å². The van der Waals surface area contributed by atoms with Crippen molar-refractivity contribution >= 4 is 11.8 Å². The highest BCUT2D eigenvalue weighted by Gasteiger charge is 2.28. The van der Waals surface area contributed by atoms with Gasteiger partial charge in [0.15, 0.2) is 11.5 Å². The minimum Gasteiger partial charge on any atom is -0.454 e. The van der Waals surface area contributed by atoms with Gasteiger partial charge < -0.3 is 19.7 Å². The van der Waals surface area contributed by atoms with Gasteiger partial charge in [0.05, 0.1) is 0 Å². The van der Waals surface area contributed by atoms with Crippen molar-refractivity contribution in [2.24, 2.45) is 0 Å².